The highest BCUT2D eigenvalue weighted by Gasteiger charge is 2.32. The lowest BCUT2D eigenvalue weighted by Crippen LogP contribution is -2.29. The van der Waals surface area contributed by atoms with Crippen molar-refractivity contribution in [1.82, 2.24) is 10.2 Å². The second-order valence-electron chi connectivity index (χ2n) is 8.83. The van der Waals surface area contributed by atoms with Crippen molar-refractivity contribution in [2.24, 2.45) is 5.92 Å². The number of halogens is 1. The van der Waals surface area contributed by atoms with E-state index in [1.807, 2.05) is 4.90 Å². The first-order chi connectivity index (χ1) is 13.5. The molecule has 1 aliphatic carbocycles. The summed E-state index contributed by atoms with van der Waals surface area (Å²) in [4.78, 5) is 2.02. The van der Waals surface area contributed by atoms with Crippen LogP contribution < -0.4 is 5.32 Å². The number of likely N-dealkylation sites (tertiary alicyclic amines) is 1. The maximum absolute atomic E-state index is 15.1. The minimum Gasteiger partial charge on any atom is -0.511 e. The number of aliphatic hydroxyl groups excluding tert-OH is 1. The predicted octanol–water partition coefficient (Wildman–Crippen LogP) is 5.14. The maximum Gasteiger partial charge on any atom is 0.132 e. The molecule has 0 spiro atoms. The highest BCUT2D eigenvalue weighted by atomic mass is 19.1. The molecule has 0 amide bonds. The first kappa shape index (κ1) is 19.5. The molecule has 2 aliphatic heterocycles. The molecule has 2 heterocycles. The summed E-state index contributed by atoms with van der Waals surface area (Å²) in [6, 6.07) is 3.69. The van der Waals surface area contributed by atoms with Gasteiger partial charge in [0.2, 0.25) is 0 Å². The molecule has 1 aromatic rings. The zero-order valence-corrected chi connectivity index (χ0v) is 16.9. The molecule has 0 radical (unpaired) electrons. The molecule has 2 saturated heterocycles. The Morgan fingerprint density at radius 1 is 1.14 bits per heavy atom. The van der Waals surface area contributed by atoms with Gasteiger partial charge in [-0.25, -0.2) is 4.39 Å². The third kappa shape index (κ3) is 4.12. The van der Waals surface area contributed by atoms with Gasteiger partial charge >= 0.3 is 0 Å². The van der Waals surface area contributed by atoms with Crippen LogP contribution in [0.15, 0.2) is 31.0 Å². The van der Waals surface area contributed by atoms with Gasteiger partial charge in [0.05, 0.1) is 6.04 Å². The second kappa shape index (κ2) is 8.28. The first-order valence-corrected chi connectivity index (χ1v) is 10.9. The fourth-order valence-electron chi connectivity index (χ4n) is 4.96. The lowest BCUT2D eigenvalue weighted by atomic mass is 9.88. The molecule has 4 heteroatoms. The van der Waals surface area contributed by atoms with Crippen LogP contribution in [-0.2, 0) is 6.42 Å². The molecule has 2 N–H and O–H groups in total. The molecular weight excluding hydrogens is 351 g/mol. The lowest BCUT2D eigenvalue weighted by molar-refractivity contribution is 0.288. The summed E-state index contributed by atoms with van der Waals surface area (Å²) in [6.45, 7) is 10.9. The number of nitrogens with zero attached hydrogens (tertiary/aromatic N) is 1. The Hall–Kier alpha value is -1.81. The van der Waals surface area contributed by atoms with E-state index in [1.165, 1.54) is 36.8 Å². The van der Waals surface area contributed by atoms with E-state index in [0.29, 0.717) is 17.2 Å². The normalized spacial score (nSPS) is 23.2. The van der Waals surface area contributed by atoms with Crippen LogP contribution >= 0.6 is 0 Å². The zero-order chi connectivity index (χ0) is 19.7. The Morgan fingerprint density at radius 3 is 2.57 bits per heavy atom. The van der Waals surface area contributed by atoms with E-state index in [9.17, 15) is 5.11 Å². The van der Waals surface area contributed by atoms with Gasteiger partial charge in [0.1, 0.15) is 11.6 Å². The van der Waals surface area contributed by atoms with Gasteiger partial charge in [0.25, 0.3) is 0 Å². The fourth-order valence-corrected chi connectivity index (χ4v) is 4.96. The number of aliphatic hydroxyl groups is 1. The Bertz CT molecular complexity index is 749. The van der Waals surface area contributed by atoms with E-state index in [1.54, 1.807) is 6.07 Å². The molecule has 152 valence electrons. The molecule has 0 aromatic heterocycles. The van der Waals surface area contributed by atoms with Crippen LogP contribution in [0.1, 0.15) is 67.6 Å². The molecule has 3 aliphatic rings. The largest absolute Gasteiger partial charge is 0.511 e. The molecule has 3 fully saturated rings. The van der Waals surface area contributed by atoms with E-state index in [4.69, 9.17) is 0 Å². The van der Waals surface area contributed by atoms with Gasteiger partial charge in [0.15, 0.2) is 0 Å². The van der Waals surface area contributed by atoms with E-state index in [0.717, 1.165) is 51.2 Å². The highest BCUT2D eigenvalue weighted by Crippen LogP contribution is 2.44. The number of nitrogens with one attached hydrogen (secondary N) is 1. The highest BCUT2D eigenvalue weighted by molar-refractivity contribution is 5.65. The number of piperidine rings is 1. The SMILES string of the molecule is C=C(O)C1CCCN1C(=C)c1cc(C2CC2)c(CCC2CCNCC2)cc1F. The summed E-state index contributed by atoms with van der Waals surface area (Å²) < 4.78 is 15.1. The minimum atomic E-state index is -0.177. The van der Waals surface area contributed by atoms with Crippen LogP contribution in [0.25, 0.3) is 5.70 Å². The van der Waals surface area contributed by atoms with Crippen LogP contribution in [0, 0.1) is 11.7 Å². The first-order valence-electron chi connectivity index (χ1n) is 10.9. The zero-order valence-electron chi connectivity index (χ0n) is 16.9. The Balaban J connectivity index is 1.54. The van der Waals surface area contributed by atoms with Crippen LogP contribution in [0.5, 0.6) is 0 Å². The summed E-state index contributed by atoms with van der Waals surface area (Å²) in [5.74, 6) is 1.31. The van der Waals surface area contributed by atoms with Crippen molar-refractivity contribution in [2.75, 3.05) is 19.6 Å². The van der Waals surface area contributed by atoms with E-state index in [-0.39, 0.29) is 17.6 Å². The second-order valence-corrected chi connectivity index (χ2v) is 8.83. The minimum absolute atomic E-state index is 0.143. The molecule has 28 heavy (non-hydrogen) atoms. The van der Waals surface area contributed by atoms with Gasteiger partial charge in [-0.2, -0.15) is 0 Å². The van der Waals surface area contributed by atoms with Gasteiger partial charge in [-0.1, -0.05) is 13.2 Å². The topological polar surface area (TPSA) is 35.5 Å². The standard InChI is InChI=1S/C24H33FN2O/c1-16(27-13-3-4-24(27)17(2)28)21-15-22(19-7-8-19)20(14-23(21)25)6-5-18-9-11-26-12-10-18/h14-15,18-19,24,26,28H,1-13H2. The number of hydrogen-bond donors (Lipinski definition) is 2. The number of hydrogen-bond acceptors (Lipinski definition) is 3. The van der Waals surface area contributed by atoms with E-state index < -0.39 is 0 Å². The smallest absolute Gasteiger partial charge is 0.132 e. The summed E-state index contributed by atoms with van der Waals surface area (Å²) in [6.07, 6.45) is 8.82. The van der Waals surface area contributed by atoms with Crippen molar-refractivity contribution in [3.63, 3.8) is 0 Å². The summed E-state index contributed by atoms with van der Waals surface area (Å²) in [5, 5.41) is 13.3. The molecule has 1 saturated carbocycles. The summed E-state index contributed by atoms with van der Waals surface area (Å²) >= 11 is 0. The molecule has 0 bridgehead atoms. The Kier molecular flexibility index (Phi) is 5.77. The van der Waals surface area contributed by atoms with Crippen molar-refractivity contribution in [3.8, 4) is 0 Å². The van der Waals surface area contributed by atoms with Gasteiger partial charge in [-0.15, -0.1) is 0 Å². The number of aryl methyl sites for hydroxylation is 1. The summed E-state index contributed by atoms with van der Waals surface area (Å²) in [7, 11) is 0. The third-order valence-corrected chi connectivity index (χ3v) is 6.82. The molecule has 1 atom stereocenters. The van der Waals surface area contributed by atoms with E-state index in [2.05, 4.69) is 24.5 Å². The molecule has 4 rings (SSSR count). The Labute approximate surface area is 168 Å². The van der Waals surface area contributed by atoms with Crippen LogP contribution in [-0.4, -0.2) is 35.7 Å². The fraction of sp³-hybridized carbons (Fsp3) is 0.583. The van der Waals surface area contributed by atoms with Gasteiger partial charge in [-0.05, 0) is 99.6 Å². The van der Waals surface area contributed by atoms with Crippen LogP contribution in [0.4, 0.5) is 4.39 Å². The lowest BCUT2D eigenvalue weighted by Gasteiger charge is -2.29. The molecule has 1 aromatic carbocycles. The average molecular weight is 385 g/mol. The van der Waals surface area contributed by atoms with Crippen molar-refractivity contribution < 1.29 is 9.50 Å². The van der Waals surface area contributed by atoms with E-state index >= 15 is 4.39 Å². The average Bonchev–Trinajstić information content (AvgIpc) is 3.41. The number of benzene rings is 1. The van der Waals surface area contributed by atoms with Crippen molar-refractivity contribution in [1.29, 1.82) is 0 Å². The molecule has 3 nitrogen and oxygen atoms in total. The van der Waals surface area contributed by atoms with Crippen LogP contribution in [0.2, 0.25) is 0 Å². The maximum atomic E-state index is 15.1. The molecular formula is C24H33FN2O. The van der Waals surface area contributed by atoms with Crippen molar-refractivity contribution >= 4 is 5.70 Å². The van der Waals surface area contributed by atoms with Crippen molar-refractivity contribution in [2.45, 2.75) is 63.3 Å². The quantitative estimate of drug-likeness (QED) is 0.639. The summed E-state index contributed by atoms with van der Waals surface area (Å²) in [5.41, 5.74) is 3.80. The van der Waals surface area contributed by atoms with Gasteiger partial charge in [-0.3, -0.25) is 0 Å². The third-order valence-electron chi connectivity index (χ3n) is 6.82. The molecule has 1 unspecified atom stereocenters. The van der Waals surface area contributed by atoms with Crippen LogP contribution in [0.3, 0.4) is 0 Å². The predicted molar refractivity (Wildman–Crippen MR) is 113 cm³/mol. The van der Waals surface area contributed by atoms with Gasteiger partial charge in [0, 0.05) is 17.8 Å². The Morgan fingerprint density at radius 2 is 1.89 bits per heavy atom. The van der Waals surface area contributed by atoms with Gasteiger partial charge < -0.3 is 15.3 Å². The van der Waals surface area contributed by atoms with Crippen molar-refractivity contribution in [3.05, 3.63) is 53.6 Å². The monoisotopic (exact) mass is 384 g/mol. The number of rotatable bonds is 7.